The van der Waals surface area contributed by atoms with Crippen LogP contribution in [0.1, 0.15) is 32.9 Å². The predicted octanol–water partition coefficient (Wildman–Crippen LogP) is 6.89. The SMILES string of the molecule is Cc1ccc2cccc(OCc3c(Cl)ccc(N(C)C(=O)CNC(=O)/C=C/c4ccc(C(=O)N(C)Cc5ccccn5)cc4)c3Cl)c2n1. The summed E-state index contributed by atoms with van der Waals surface area (Å²) in [5, 5.41) is 4.19. The van der Waals surface area contributed by atoms with Crippen LogP contribution in [-0.4, -0.2) is 53.2 Å². The van der Waals surface area contributed by atoms with Crippen molar-refractivity contribution in [3.05, 3.63) is 135 Å². The van der Waals surface area contributed by atoms with Crippen LogP contribution in [0.5, 0.6) is 5.75 Å². The van der Waals surface area contributed by atoms with E-state index in [9.17, 15) is 14.4 Å². The van der Waals surface area contributed by atoms with E-state index in [1.807, 2.05) is 55.5 Å². The first kappa shape index (κ1) is 34.1. The van der Waals surface area contributed by atoms with Crippen molar-refractivity contribution in [1.82, 2.24) is 20.2 Å². The van der Waals surface area contributed by atoms with Crippen LogP contribution < -0.4 is 15.0 Å². The second-order valence-corrected chi connectivity index (χ2v) is 11.8. The van der Waals surface area contributed by atoms with Crippen molar-refractivity contribution >= 4 is 63.6 Å². The van der Waals surface area contributed by atoms with Gasteiger partial charge in [-0.25, -0.2) is 4.98 Å². The number of para-hydroxylation sites is 1. The molecule has 9 nitrogen and oxygen atoms in total. The minimum Gasteiger partial charge on any atom is -0.487 e. The van der Waals surface area contributed by atoms with Gasteiger partial charge in [0.05, 0.1) is 29.5 Å². The molecule has 5 rings (SSSR count). The maximum Gasteiger partial charge on any atom is 0.253 e. The number of ether oxygens (including phenoxy) is 1. The number of amides is 3. The van der Waals surface area contributed by atoms with Crippen LogP contribution >= 0.6 is 23.2 Å². The average Bonchev–Trinajstić information content (AvgIpc) is 3.09. The van der Waals surface area contributed by atoms with Crippen molar-refractivity contribution in [3.8, 4) is 5.75 Å². The first-order valence-corrected chi connectivity index (χ1v) is 15.8. The van der Waals surface area contributed by atoms with Gasteiger partial charge in [0.15, 0.2) is 0 Å². The summed E-state index contributed by atoms with van der Waals surface area (Å²) in [5.74, 6) is -0.404. The Morgan fingerprint density at radius 2 is 1.71 bits per heavy atom. The molecule has 244 valence electrons. The van der Waals surface area contributed by atoms with E-state index in [1.54, 1.807) is 67.7 Å². The molecule has 48 heavy (non-hydrogen) atoms. The molecule has 3 amide bonds. The fourth-order valence-corrected chi connectivity index (χ4v) is 5.48. The van der Waals surface area contributed by atoms with Gasteiger partial charge in [-0.05, 0) is 67.1 Å². The second-order valence-electron chi connectivity index (χ2n) is 11.0. The summed E-state index contributed by atoms with van der Waals surface area (Å²) in [6.07, 6.45) is 4.62. The Bertz CT molecular complexity index is 1980. The highest BCUT2D eigenvalue weighted by Crippen LogP contribution is 2.35. The largest absolute Gasteiger partial charge is 0.487 e. The summed E-state index contributed by atoms with van der Waals surface area (Å²) in [6.45, 7) is 2.09. The molecule has 11 heteroatoms. The number of hydrogen-bond donors (Lipinski definition) is 1. The molecule has 0 saturated carbocycles. The molecular weight excluding hydrogens is 649 g/mol. The molecule has 0 fully saturated rings. The van der Waals surface area contributed by atoms with E-state index >= 15 is 0 Å². The van der Waals surface area contributed by atoms with Crippen molar-refractivity contribution in [1.29, 1.82) is 0 Å². The molecular formula is C37H33Cl2N5O4. The molecule has 2 aromatic heterocycles. The minimum absolute atomic E-state index is 0.0564. The zero-order valence-electron chi connectivity index (χ0n) is 26.6. The Hall–Kier alpha value is -5.25. The Morgan fingerprint density at radius 3 is 2.46 bits per heavy atom. The van der Waals surface area contributed by atoms with E-state index in [2.05, 4.69) is 15.3 Å². The van der Waals surface area contributed by atoms with E-state index in [4.69, 9.17) is 27.9 Å². The molecule has 0 aliphatic carbocycles. The Morgan fingerprint density at radius 1 is 0.917 bits per heavy atom. The molecule has 0 saturated heterocycles. The summed E-state index contributed by atoms with van der Waals surface area (Å²) in [7, 11) is 3.28. The van der Waals surface area contributed by atoms with Crippen LogP contribution in [0.15, 0.2) is 97.2 Å². The zero-order valence-corrected chi connectivity index (χ0v) is 28.1. The lowest BCUT2D eigenvalue weighted by atomic mass is 10.1. The lowest BCUT2D eigenvalue weighted by molar-refractivity contribution is -0.122. The number of hydrogen-bond acceptors (Lipinski definition) is 6. The van der Waals surface area contributed by atoms with Crippen LogP contribution in [-0.2, 0) is 22.7 Å². The maximum atomic E-state index is 13.0. The van der Waals surface area contributed by atoms with Crippen molar-refractivity contribution in [2.24, 2.45) is 0 Å². The maximum absolute atomic E-state index is 13.0. The highest BCUT2D eigenvalue weighted by molar-refractivity contribution is 6.38. The molecule has 0 spiro atoms. The third-order valence-electron chi connectivity index (χ3n) is 7.57. The quantitative estimate of drug-likeness (QED) is 0.152. The van der Waals surface area contributed by atoms with E-state index in [0.29, 0.717) is 34.1 Å². The smallest absolute Gasteiger partial charge is 0.253 e. The fraction of sp³-hybridized carbons (Fsp3) is 0.162. The number of carbonyl (C=O) groups is 3. The molecule has 0 bridgehead atoms. The summed E-state index contributed by atoms with van der Waals surface area (Å²) in [5.41, 5.74) is 4.55. The van der Waals surface area contributed by atoms with Crippen LogP contribution in [0.2, 0.25) is 10.0 Å². The van der Waals surface area contributed by atoms with Gasteiger partial charge in [-0.2, -0.15) is 0 Å². The van der Waals surface area contributed by atoms with Crippen LogP contribution in [0.3, 0.4) is 0 Å². The summed E-state index contributed by atoms with van der Waals surface area (Å²) < 4.78 is 6.09. The van der Waals surface area contributed by atoms with Crippen LogP contribution in [0.25, 0.3) is 17.0 Å². The number of halogens is 2. The van der Waals surface area contributed by atoms with Gasteiger partial charge in [0, 0.05) is 53.6 Å². The number of aryl methyl sites for hydroxylation is 1. The standard InChI is InChI=1S/C37H33Cl2N5O4/c1-24-10-14-26-7-6-9-32(36(26)42-24)48-23-29-30(38)17-18-31(35(29)39)44(3)34(46)21-41-33(45)19-13-25-11-15-27(16-12-25)37(47)43(2)22-28-8-4-5-20-40-28/h4-20H,21-23H2,1-3H3,(H,41,45)/b19-13+. The molecule has 2 heterocycles. The molecule has 0 aliphatic heterocycles. The highest BCUT2D eigenvalue weighted by atomic mass is 35.5. The number of benzene rings is 3. The highest BCUT2D eigenvalue weighted by Gasteiger charge is 2.19. The first-order valence-electron chi connectivity index (χ1n) is 15.0. The molecule has 0 radical (unpaired) electrons. The number of nitrogens with one attached hydrogen (secondary N) is 1. The number of aromatic nitrogens is 2. The lowest BCUT2D eigenvalue weighted by Crippen LogP contribution is -2.37. The third kappa shape index (κ3) is 8.36. The third-order valence-corrected chi connectivity index (χ3v) is 8.34. The first-order chi connectivity index (χ1) is 23.1. The monoisotopic (exact) mass is 681 g/mol. The average molecular weight is 683 g/mol. The van der Waals surface area contributed by atoms with Gasteiger partial charge in [0.2, 0.25) is 11.8 Å². The summed E-state index contributed by atoms with van der Waals surface area (Å²) >= 11 is 13.2. The van der Waals surface area contributed by atoms with Gasteiger partial charge in [-0.1, -0.05) is 59.6 Å². The lowest BCUT2D eigenvalue weighted by Gasteiger charge is -2.21. The Balaban J connectivity index is 1.15. The number of carbonyl (C=O) groups excluding carboxylic acids is 3. The number of nitrogens with zero attached hydrogens (tertiary/aromatic N) is 4. The van der Waals surface area contributed by atoms with Gasteiger partial charge in [-0.15, -0.1) is 0 Å². The number of fused-ring (bicyclic) bond motifs is 1. The predicted molar refractivity (Wildman–Crippen MR) is 189 cm³/mol. The van der Waals surface area contributed by atoms with Gasteiger partial charge >= 0.3 is 0 Å². The zero-order chi connectivity index (χ0) is 34.2. The van der Waals surface area contributed by atoms with E-state index < -0.39 is 5.91 Å². The second kappa shape index (κ2) is 15.6. The molecule has 1 N–H and O–H groups in total. The van der Waals surface area contributed by atoms with E-state index in [-0.39, 0.29) is 30.0 Å². The normalized spacial score (nSPS) is 11.0. The number of rotatable bonds is 11. The number of pyridine rings is 2. The molecule has 0 atom stereocenters. The molecule has 0 aliphatic rings. The van der Waals surface area contributed by atoms with Gasteiger partial charge < -0.3 is 19.9 Å². The Kier molecular flexibility index (Phi) is 11.1. The van der Waals surface area contributed by atoms with Gasteiger partial charge in [0.25, 0.3) is 5.91 Å². The van der Waals surface area contributed by atoms with E-state index in [1.165, 1.54) is 11.0 Å². The molecule has 3 aromatic carbocycles. The van der Waals surface area contributed by atoms with Crippen molar-refractivity contribution < 1.29 is 19.1 Å². The van der Waals surface area contributed by atoms with Crippen molar-refractivity contribution in [2.45, 2.75) is 20.1 Å². The van der Waals surface area contributed by atoms with Crippen LogP contribution in [0.4, 0.5) is 5.69 Å². The topological polar surface area (TPSA) is 105 Å². The number of likely N-dealkylation sites (N-methyl/N-ethyl adjacent to an activating group) is 1. The number of anilines is 1. The Labute approximate surface area is 288 Å². The molecule has 0 unspecified atom stereocenters. The van der Waals surface area contributed by atoms with Gasteiger partial charge in [0.1, 0.15) is 17.9 Å². The van der Waals surface area contributed by atoms with Crippen molar-refractivity contribution in [3.63, 3.8) is 0 Å². The van der Waals surface area contributed by atoms with Crippen LogP contribution in [0, 0.1) is 6.92 Å². The van der Waals surface area contributed by atoms with Crippen molar-refractivity contribution in [2.75, 3.05) is 25.5 Å². The molecule has 5 aromatic rings. The van der Waals surface area contributed by atoms with E-state index in [0.717, 1.165) is 27.9 Å². The minimum atomic E-state index is -0.456. The fourth-order valence-electron chi connectivity index (χ4n) is 4.87. The van der Waals surface area contributed by atoms with Gasteiger partial charge in [-0.3, -0.25) is 19.4 Å². The summed E-state index contributed by atoms with van der Waals surface area (Å²) in [6, 6.07) is 25.3. The summed E-state index contributed by atoms with van der Waals surface area (Å²) in [4.78, 5) is 50.1.